The van der Waals surface area contributed by atoms with Gasteiger partial charge in [-0.2, -0.15) is 0 Å². The largest absolute Gasteiger partial charge is 0.497 e. The summed E-state index contributed by atoms with van der Waals surface area (Å²) in [6.07, 6.45) is 3.50. The number of benzene rings is 1. The van der Waals surface area contributed by atoms with Gasteiger partial charge in [0.15, 0.2) is 0 Å². The molecule has 1 saturated heterocycles. The van der Waals surface area contributed by atoms with Gasteiger partial charge in [0.25, 0.3) is 0 Å². The van der Waals surface area contributed by atoms with E-state index in [1.165, 1.54) is 37.3 Å². The number of aliphatic hydroxyl groups is 1. The molecular formula is C15H24NO3+. The van der Waals surface area contributed by atoms with Gasteiger partial charge in [-0.05, 0) is 43.5 Å². The van der Waals surface area contributed by atoms with Crippen molar-refractivity contribution in [2.24, 2.45) is 0 Å². The van der Waals surface area contributed by atoms with Crippen molar-refractivity contribution in [2.45, 2.75) is 25.4 Å². The zero-order valence-corrected chi connectivity index (χ0v) is 11.6. The molecule has 0 unspecified atom stereocenters. The highest BCUT2D eigenvalue weighted by Gasteiger charge is 2.18. The monoisotopic (exact) mass is 266 g/mol. The first-order chi connectivity index (χ1) is 9.28. The van der Waals surface area contributed by atoms with Crippen LogP contribution in [0, 0.1) is 0 Å². The van der Waals surface area contributed by atoms with Crippen molar-refractivity contribution < 1.29 is 19.5 Å². The zero-order valence-electron chi connectivity index (χ0n) is 11.6. The van der Waals surface area contributed by atoms with Crippen LogP contribution in [0.15, 0.2) is 24.3 Å². The zero-order chi connectivity index (χ0) is 13.5. The first-order valence-corrected chi connectivity index (χ1v) is 7.06. The quantitative estimate of drug-likeness (QED) is 0.788. The molecule has 1 heterocycles. The summed E-state index contributed by atoms with van der Waals surface area (Å²) in [6.45, 7) is 3.51. The summed E-state index contributed by atoms with van der Waals surface area (Å²) < 4.78 is 10.7. The van der Waals surface area contributed by atoms with E-state index in [2.05, 4.69) is 0 Å². The number of aliphatic hydroxyl groups excluding tert-OH is 1. The Morgan fingerprint density at radius 3 is 2.37 bits per heavy atom. The summed E-state index contributed by atoms with van der Waals surface area (Å²) in [5.41, 5.74) is 0. The fourth-order valence-corrected chi connectivity index (χ4v) is 2.51. The number of hydrogen-bond donors (Lipinski definition) is 2. The Labute approximate surface area is 114 Å². The van der Waals surface area contributed by atoms with Gasteiger partial charge in [-0.3, -0.25) is 0 Å². The van der Waals surface area contributed by atoms with Gasteiger partial charge in [0.2, 0.25) is 0 Å². The summed E-state index contributed by atoms with van der Waals surface area (Å²) in [4.78, 5) is 1.50. The molecule has 0 saturated carbocycles. The average Bonchev–Trinajstić information content (AvgIpc) is 2.47. The molecule has 1 aromatic carbocycles. The molecule has 1 atom stereocenters. The van der Waals surface area contributed by atoms with E-state index in [1.54, 1.807) is 7.11 Å². The van der Waals surface area contributed by atoms with E-state index in [4.69, 9.17) is 9.47 Å². The minimum absolute atomic E-state index is 0.357. The number of nitrogens with one attached hydrogen (secondary N) is 1. The van der Waals surface area contributed by atoms with Crippen LogP contribution in [0.5, 0.6) is 11.5 Å². The maximum atomic E-state index is 9.99. The van der Waals surface area contributed by atoms with Crippen molar-refractivity contribution in [3.63, 3.8) is 0 Å². The van der Waals surface area contributed by atoms with Crippen molar-refractivity contribution in [1.82, 2.24) is 0 Å². The molecule has 4 nitrogen and oxygen atoms in total. The highest BCUT2D eigenvalue weighted by atomic mass is 16.5. The van der Waals surface area contributed by atoms with Gasteiger partial charge in [0, 0.05) is 0 Å². The fourth-order valence-electron chi connectivity index (χ4n) is 2.51. The SMILES string of the molecule is COc1ccc(OC[C@@H](O)C[NH+]2CCCCC2)cc1. The fraction of sp³-hybridized carbons (Fsp3) is 0.600. The number of rotatable bonds is 6. The molecule has 19 heavy (non-hydrogen) atoms. The smallest absolute Gasteiger partial charge is 0.137 e. The maximum Gasteiger partial charge on any atom is 0.137 e. The molecule has 0 aromatic heterocycles. The van der Waals surface area contributed by atoms with E-state index in [-0.39, 0.29) is 0 Å². The first-order valence-electron chi connectivity index (χ1n) is 7.06. The molecule has 1 aromatic rings. The van der Waals surface area contributed by atoms with Gasteiger partial charge in [-0.1, -0.05) is 0 Å². The minimum Gasteiger partial charge on any atom is -0.497 e. The normalized spacial score (nSPS) is 18.0. The maximum absolute atomic E-state index is 9.99. The Bertz CT molecular complexity index is 360. The number of hydrogen-bond acceptors (Lipinski definition) is 3. The lowest BCUT2D eigenvalue weighted by Crippen LogP contribution is -3.14. The summed E-state index contributed by atoms with van der Waals surface area (Å²) in [6, 6.07) is 7.44. The van der Waals surface area contributed by atoms with Crippen LogP contribution in [0.4, 0.5) is 0 Å². The Hall–Kier alpha value is -1.26. The highest BCUT2D eigenvalue weighted by molar-refractivity contribution is 5.31. The van der Waals surface area contributed by atoms with Crippen LogP contribution < -0.4 is 14.4 Å². The van der Waals surface area contributed by atoms with Gasteiger partial charge in [-0.25, -0.2) is 0 Å². The number of quaternary nitrogens is 1. The number of piperidine rings is 1. The lowest BCUT2D eigenvalue weighted by Gasteiger charge is -2.25. The molecule has 0 aliphatic carbocycles. The predicted octanol–water partition coefficient (Wildman–Crippen LogP) is 0.504. The molecule has 106 valence electrons. The first kappa shape index (κ1) is 14.2. The van der Waals surface area contributed by atoms with Crippen molar-refractivity contribution in [1.29, 1.82) is 0 Å². The summed E-state index contributed by atoms with van der Waals surface area (Å²) in [5.74, 6) is 1.58. The molecule has 0 radical (unpaired) electrons. The van der Waals surface area contributed by atoms with E-state index < -0.39 is 6.10 Å². The molecule has 2 rings (SSSR count). The average molecular weight is 266 g/mol. The molecule has 1 aliphatic heterocycles. The number of ether oxygens (including phenoxy) is 2. The summed E-state index contributed by atoms with van der Waals surface area (Å²) >= 11 is 0. The highest BCUT2D eigenvalue weighted by Crippen LogP contribution is 2.16. The lowest BCUT2D eigenvalue weighted by molar-refractivity contribution is -0.908. The third-order valence-electron chi connectivity index (χ3n) is 3.59. The van der Waals surface area contributed by atoms with E-state index in [0.717, 1.165) is 18.0 Å². The third-order valence-corrected chi connectivity index (χ3v) is 3.59. The van der Waals surface area contributed by atoms with E-state index in [0.29, 0.717) is 6.61 Å². The third kappa shape index (κ3) is 4.73. The van der Waals surface area contributed by atoms with Crippen LogP contribution in [0.3, 0.4) is 0 Å². The van der Waals surface area contributed by atoms with Crippen molar-refractivity contribution in [3.8, 4) is 11.5 Å². The van der Waals surface area contributed by atoms with E-state index >= 15 is 0 Å². The van der Waals surface area contributed by atoms with Gasteiger partial charge in [0.05, 0.1) is 20.2 Å². The van der Waals surface area contributed by atoms with Crippen LogP contribution >= 0.6 is 0 Å². The lowest BCUT2D eigenvalue weighted by atomic mass is 10.1. The van der Waals surface area contributed by atoms with Crippen molar-refractivity contribution in [2.75, 3.05) is 33.4 Å². The molecule has 0 spiro atoms. The van der Waals surface area contributed by atoms with Crippen LogP contribution in [0.2, 0.25) is 0 Å². The Morgan fingerprint density at radius 1 is 1.11 bits per heavy atom. The molecule has 0 amide bonds. The molecule has 1 fully saturated rings. The second kappa shape index (κ2) is 7.36. The van der Waals surface area contributed by atoms with Crippen molar-refractivity contribution in [3.05, 3.63) is 24.3 Å². The summed E-state index contributed by atoms with van der Waals surface area (Å²) in [5, 5.41) is 9.99. The Balaban J connectivity index is 1.71. The van der Waals surface area contributed by atoms with Gasteiger partial charge in [0.1, 0.15) is 30.8 Å². The topological polar surface area (TPSA) is 43.1 Å². The summed E-state index contributed by atoms with van der Waals surface area (Å²) in [7, 11) is 1.64. The molecular weight excluding hydrogens is 242 g/mol. The van der Waals surface area contributed by atoms with Crippen molar-refractivity contribution >= 4 is 0 Å². The molecule has 1 aliphatic rings. The van der Waals surface area contributed by atoms with Gasteiger partial charge < -0.3 is 19.5 Å². The van der Waals surface area contributed by atoms with Gasteiger partial charge >= 0.3 is 0 Å². The molecule has 2 N–H and O–H groups in total. The van der Waals surface area contributed by atoms with Crippen LogP contribution in [-0.4, -0.2) is 44.6 Å². The van der Waals surface area contributed by atoms with E-state index in [9.17, 15) is 5.11 Å². The minimum atomic E-state index is -0.393. The molecule has 0 bridgehead atoms. The number of likely N-dealkylation sites (tertiary alicyclic amines) is 1. The van der Waals surface area contributed by atoms with Crippen LogP contribution in [0.1, 0.15) is 19.3 Å². The Kier molecular flexibility index (Phi) is 5.48. The predicted molar refractivity (Wildman–Crippen MR) is 73.9 cm³/mol. The molecule has 4 heteroatoms. The second-order valence-electron chi connectivity index (χ2n) is 5.16. The van der Waals surface area contributed by atoms with Crippen LogP contribution in [0.25, 0.3) is 0 Å². The Morgan fingerprint density at radius 2 is 1.74 bits per heavy atom. The standard InChI is InChI=1S/C15H23NO3/c1-18-14-5-7-15(8-6-14)19-12-13(17)11-16-9-3-2-4-10-16/h5-8,13,17H,2-4,9-12H2,1H3/p+1/t13-/m0/s1. The number of methoxy groups -OCH3 is 1. The second-order valence-corrected chi connectivity index (χ2v) is 5.16. The van der Waals surface area contributed by atoms with E-state index in [1.807, 2.05) is 24.3 Å². The van der Waals surface area contributed by atoms with Gasteiger partial charge in [-0.15, -0.1) is 0 Å². The van der Waals surface area contributed by atoms with Crippen LogP contribution in [-0.2, 0) is 0 Å².